The van der Waals surface area contributed by atoms with Gasteiger partial charge < -0.3 is 9.26 Å². The first-order chi connectivity index (χ1) is 6.57. The molecule has 0 spiro atoms. The van der Waals surface area contributed by atoms with Gasteiger partial charge in [-0.05, 0) is 26.3 Å². The lowest BCUT2D eigenvalue weighted by molar-refractivity contribution is 0.0524. The molecule has 0 N–H and O–H groups in total. The van der Waals surface area contributed by atoms with Crippen LogP contribution >= 0.6 is 0 Å². The largest absolute Gasteiger partial charge is 0.462 e. The highest BCUT2D eigenvalue weighted by molar-refractivity contribution is 5.95. The number of hydrogen-bond acceptors (Lipinski definition) is 4. The maximum atomic E-state index is 11.5. The van der Waals surface area contributed by atoms with Crippen LogP contribution in [0.25, 0.3) is 5.57 Å². The van der Waals surface area contributed by atoms with Crippen molar-refractivity contribution in [1.82, 2.24) is 5.16 Å². The summed E-state index contributed by atoms with van der Waals surface area (Å²) in [6.45, 7) is 9.23. The second-order valence-corrected chi connectivity index (χ2v) is 2.96. The van der Waals surface area contributed by atoms with Crippen LogP contribution in [0.2, 0.25) is 0 Å². The molecule has 0 saturated carbocycles. The van der Waals surface area contributed by atoms with E-state index in [0.717, 1.165) is 0 Å². The van der Waals surface area contributed by atoms with E-state index in [4.69, 9.17) is 9.26 Å². The Hall–Kier alpha value is -1.58. The molecule has 76 valence electrons. The summed E-state index contributed by atoms with van der Waals surface area (Å²) in [5.74, 6) is 0.0469. The molecule has 0 unspecified atom stereocenters. The fourth-order valence-electron chi connectivity index (χ4n) is 1.11. The zero-order chi connectivity index (χ0) is 10.7. The molecule has 0 aromatic carbocycles. The number of aromatic nitrogens is 1. The van der Waals surface area contributed by atoms with Gasteiger partial charge in [-0.1, -0.05) is 11.7 Å². The minimum atomic E-state index is -0.413. The van der Waals surface area contributed by atoms with E-state index in [1.54, 1.807) is 20.8 Å². The summed E-state index contributed by atoms with van der Waals surface area (Å²) in [6.07, 6.45) is 0. The average Bonchev–Trinajstić information content (AvgIpc) is 2.47. The lowest BCUT2D eigenvalue weighted by atomic mass is 10.1. The average molecular weight is 195 g/mol. The van der Waals surface area contributed by atoms with Crippen molar-refractivity contribution in [3.8, 4) is 0 Å². The lowest BCUT2D eigenvalue weighted by Crippen LogP contribution is -2.07. The Morgan fingerprint density at radius 2 is 2.29 bits per heavy atom. The molecule has 0 bridgehead atoms. The van der Waals surface area contributed by atoms with Crippen molar-refractivity contribution in [1.29, 1.82) is 0 Å². The molecule has 4 heteroatoms. The fraction of sp³-hybridized carbons (Fsp3) is 0.400. The van der Waals surface area contributed by atoms with Crippen LogP contribution in [0.1, 0.15) is 35.7 Å². The van der Waals surface area contributed by atoms with Gasteiger partial charge in [0.05, 0.1) is 6.61 Å². The molecular formula is C10H13NO3. The lowest BCUT2D eigenvalue weighted by Gasteiger charge is -2.01. The monoisotopic (exact) mass is 195 g/mol. The van der Waals surface area contributed by atoms with Gasteiger partial charge in [-0.3, -0.25) is 0 Å². The number of ether oxygens (including phenoxy) is 1. The molecule has 14 heavy (non-hydrogen) atoms. The highest BCUT2D eigenvalue weighted by Gasteiger charge is 2.21. The molecular weight excluding hydrogens is 182 g/mol. The van der Waals surface area contributed by atoms with Crippen LogP contribution in [0, 0.1) is 6.92 Å². The van der Waals surface area contributed by atoms with Crippen molar-refractivity contribution in [2.75, 3.05) is 6.61 Å². The first-order valence-electron chi connectivity index (χ1n) is 4.37. The topological polar surface area (TPSA) is 52.3 Å². The van der Waals surface area contributed by atoms with E-state index in [-0.39, 0.29) is 0 Å². The molecule has 1 rings (SSSR count). The maximum Gasteiger partial charge on any atom is 0.344 e. The predicted octanol–water partition coefficient (Wildman–Crippen LogP) is 2.19. The van der Waals surface area contributed by atoms with Crippen molar-refractivity contribution in [2.24, 2.45) is 0 Å². The number of esters is 1. The summed E-state index contributed by atoms with van der Waals surface area (Å²) in [6, 6.07) is 0. The number of rotatable bonds is 3. The van der Waals surface area contributed by atoms with E-state index in [2.05, 4.69) is 11.7 Å². The Kier molecular flexibility index (Phi) is 3.06. The molecule has 0 saturated heterocycles. The van der Waals surface area contributed by atoms with Gasteiger partial charge in [0.25, 0.3) is 0 Å². The molecule has 0 aliphatic carbocycles. The van der Waals surface area contributed by atoms with Crippen molar-refractivity contribution < 1.29 is 14.1 Å². The second-order valence-electron chi connectivity index (χ2n) is 2.96. The quantitative estimate of drug-likeness (QED) is 0.694. The van der Waals surface area contributed by atoms with E-state index in [9.17, 15) is 4.79 Å². The fourth-order valence-corrected chi connectivity index (χ4v) is 1.11. The minimum absolute atomic E-state index is 0.332. The summed E-state index contributed by atoms with van der Waals surface area (Å²) in [7, 11) is 0. The Balaban J connectivity index is 3.11. The first kappa shape index (κ1) is 10.5. The van der Waals surface area contributed by atoms with Crippen LogP contribution in [0.15, 0.2) is 11.1 Å². The number of nitrogens with zero attached hydrogens (tertiary/aromatic N) is 1. The van der Waals surface area contributed by atoms with Crippen LogP contribution < -0.4 is 0 Å². The van der Waals surface area contributed by atoms with Gasteiger partial charge in [-0.15, -0.1) is 0 Å². The van der Waals surface area contributed by atoms with Crippen molar-refractivity contribution in [2.45, 2.75) is 20.8 Å². The van der Waals surface area contributed by atoms with E-state index in [0.29, 0.717) is 29.2 Å². The summed E-state index contributed by atoms with van der Waals surface area (Å²) >= 11 is 0. The van der Waals surface area contributed by atoms with E-state index in [1.807, 2.05) is 0 Å². The summed E-state index contributed by atoms with van der Waals surface area (Å²) in [4.78, 5) is 11.5. The molecule has 1 aromatic rings. The van der Waals surface area contributed by atoms with Gasteiger partial charge in [-0.25, -0.2) is 4.79 Å². The Morgan fingerprint density at radius 3 is 2.79 bits per heavy atom. The van der Waals surface area contributed by atoms with Crippen LogP contribution in [0.5, 0.6) is 0 Å². The van der Waals surface area contributed by atoms with Gasteiger partial charge >= 0.3 is 5.97 Å². The molecule has 1 aromatic heterocycles. The van der Waals surface area contributed by atoms with Gasteiger partial charge in [-0.2, -0.15) is 0 Å². The predicted molar refractivity (Wildman–Crippen MR) is 51.9 cm³/mol. The molecule has 1 heterocycles. The van der Waals surface area contributed by atoms with Gasteiger partial charge in [0, 0.05) is 0 Å². The molecule has 0 atom stereocenters. The SMILES string of the molecule is C=C(C)c1noc(C)c1C(=O)OCC. The van der Waals surface area contributed by atoms with Gasteiger partial charge in [0.1, 0.15) is 17.0 Å². The van der Waals surface area contributed by atoms with E-state index >= 15 is 0 Å². The van der Waals surface area contributed by atoms with Crippen molar-refractivity contribution in [3.05, 3.63) is 23.6 Å². The number of carbonyl (C=O) groups is 1. The summed E-state index contributed by atoms with van der Waals surface area (Å²) < 4.78 is 9.79. The summed E-state index contributed by atoms with van der Waals surface area (Å²) in [5.41, 5.74) is 1.53. The third-order valence-electron chi connectivity index (χ3n) is 1.75. The molecule has 0 amide bonds. The van der Waals surface area contributed by atoms with Crippen molar-refractivity contribution in [3.63, 3.8) is 0 Å². The number of aryl methyl sites for hydroxylation is 1. The zero-order valence-electron chi connectivity index (χ0n) is 8.59. The molecule has 0 aliphatic rings. The standard InChI is InChI=1S/C10H13NO3/c1-5-13-10(12)8-7(4)14-11-9(8)6(2)3/h2,5H2,1,3-4H3. The van der Waals surface area contributed by atoms with Crippen LogP contribution in [-0.2, 0) is 4.74 Å². The molecule has 0 aliphatic heterocycles. The van der Waals surface area contributed by atoms with Gasteiger partial charge in [0.2, 0.25) is 0 Å². The zero-order valence-corrected chi connectivity index (χ0v) is 8.59. The first-order valence-corrected chi connectivity index (χ1v) is 4.37. The summed E-state index contributed by atoms with van der Waals surface area (Å²) in [5, 5.41) is 3.74. The molecule has 4 nitrogen and oxygen atoms in total. The highest BCUT2D eigenvalue weighted by Crippen LogP contribution is 2.20. The highest BCUT2D eigenvalue weighted by atomic mass is 16.5. The van der Waals surface area contributed by atoms with Crippen molar-refractivity contribution >= 4 is 11.5 Å². The Morgan fingerprint density at radius 1 is 1.64 bits per heavy atom. The van der Waals surface area contributed by atoms with E-state index in [1.165, 1.54) is 0 Å². The number of carbonyl (C=O) groups excluding carboxylic acids is 1. The Labute approximate surface area is 82.5 Å². The third kappa shape index (κ3) is 1.84. The maximum absolute atomic E-state index is 11.5. The smallest absolute Gasteiger partial charge is 0.344 e. The Bertz CT molecular complexity index is 365. The van der Waals surface area contributed by atoms with Crippen LogP contribution in [0.4, 0.5) is 0 Å². The normalized spacial score (nSPS) is 9.93. The molecule has 0 fully saturated rings. The number of hydrogen-bond donors (Lipinski definition) is 0. The third-order valence-corrected chi connectivity index (χ3v) is 1.75. The second kappa shape index (κ2) is 4.09. The minimum Gasteiger partial charge on any atom is -0.462 e. The number of allylic oxidation sites excluding steroid dienone is 1. The molecule has 0 radical (unpaired) electrons. The van der Waals surface area contributed by atoms with Crippen LogP contribution in [-0.4, -0.2) is 17.7 Å². The van der Waals surface area contributed by atoms with E-state index < -0.39 is 5.97 Å². The van der Waals surface area contributed by atoms with Gasteiger partial charge in [0.15, 0.2) is 0 Å². The van der Waals surface area contributed by atoms with Crippen LogP contribution in [0.3, 0.4) is 0 Å².